The van der Waals surface area contributed by atoms with Gasteiger partial charge in [0.05, 0.1) is 27.9 Å². The molecule has 0 aliphatic heterocycles. The molecular weight excluding hydrogens is 395 g/mol. The lowest BCUT2D eigenvalue weighted by Gasteiger charge is -2.12. The Kier molecular flexibility index (Phi) is 3.50. The zero-order chi connectivity index (χ0) is 19.6. The number of hydrogen-bond donors (Lipinski definition) is 1. The van der Waals surface area contributed by atoms with E-state index in [2.05, 4.69) is 15.3 Å². The van der Waals surface area contributed by atoms with Gasteiger partial charge in [-0.1, -0.05) is 17.7 Å². The van der Waals surface area contributed by atoms with Crippen molar-refractivity contribution in [1.82, 2.24) is 24.5 Å². The normalized spacial score (nSPS) is 12.0. The number of aromatic amines is 1. The molecular formula is C18H9ClF3N5O. The quantitative estimate of drug-likeness (QED) is 0.475. The first-order valence-electron chi connectivity index (χ1n) is 8.09. The van der Waals surface area contributed by atoms with E-state index in [0.29, 0.717) is 21.3 Å². The molecule has 0 amide bonds. The minimum Gasteiger partial charge on any atom is -0.278 e. The van der Waals surface area contributed by atoms with E-state index in [4.69, 9.17) is 11.6 Å². The molecule has 0 bridgehead atoms. The van der Waals surface area contributed by atoms with Crippen LogP contribution in [0.2, 0.25) is 5.02 Å². The number of halogens is 4. The topological polar surface area (TPSA) is 68.5 Å². The van der Waals surface area contributed by atoms with Crippen LogP contribution in [0.15, 0.2) is 47.5 Å². The van der Waals surface area contributed by atoms with Crippen molar-refractivity contribution < 1.29 is 13.2 Å². The predicted octanol–water partition coefficient (Wildman–Crippen LogP) is 4.40. The van der Waals surface area contributed by atoms with E-state index >= 15 is 0 Å². The van der Waals surface area contributed by atoms with Gasteiger partial charge in [0.15, 0.2) is 5.52 Å². The Labute approximate surface area is 158 Å². The number of nitrogens with one attached hydrogen (secondary N) is 1. The summed E-state index contributed by atoms with van der Waals surface area (Å²) in [7, 11) is 0. The third-order valence-corrected chi connectivity index (χ3v) is 4.90. The smallest absolute Gasteiger partial charge is 0.278 e. The summed E-state index contributed by atoms with van der Waals surface area (Å²) >= 11 is 5.95. The van der Waals surface area contributed by atoms with Gasteiger partial charge in [0.2, 0.25) is 0 Å². The Morgan fingerprint density at radius 1 is 1.14 bits per heavy atom. The van der Waals surface area contributed by atoms with Gasteiger partial charge in [-0.2, -0.15) is 19.0 Å². The number of fused-ring (bicyclic) bond motifs is 4. The minimum atomic E-state index is -2.94. The van der Waals surface area contributed by atoms with Gasteiger partial charge in [0.1, 0.15) is 5.82 Å². The number of alkyl halides is 2. The van der Waals surface area contributed by atoms with Crippen LogP contribution in [0, 0.1) is 5.82 Å². The van der Waals surface area contributed by atoms with Gasteiger partial charge < -0.3 is 0 Å². The van der Waals surface area contributed by atoms with E-state index < -0.39 is 17.9 Å². The van der Waals surface area contributed by atoms with Crippen molar-refractivity contribution in [2.75, 3.05) is 0 Å². The maximum atomic E-state index is 14.2. The molecule has 28 heavy (non-hydrogen) atoms. The van der Waals surface area contributed by atoms with E-state index in [1.807, 2.05) is 0 Å². The molecule has 0 aliphatic rings. The molecule has 1 N–H and O–H groups in total. The van der Waals surface area contributed by atoms with Crippen molar-refractivity contribution in [1.29, 1.82) is 0 Å². The monoisotopic (exact) mass is 403 g/mol. The molecule has 0 radical (unpaired) electrons. The highest BCUT2D eigenvalue weighted by Crippen LogP contribution is 2.31. The molecule has 3 aromatic heterocycles. The third kappa shape index (κ3) is 2.26. The molecule has 0 atom stereocenters. The van der Waals surface area contributed by atoms with Crippen molar-refractivity contribution in [3.63, 3.8) is 0 Å². The molecule has 3 heterocycles. The van der Waals surface area contributed by atoms with Crippen LogP contribution in [0.3, 0.4) is 0 Å². The molecule has 0 aliphatic carbocycles. The number of pyridine rings is 1. The van der Waals surface area contributed by atoms with Gasteiger partial charge in [0.25, 0.3) is 5.56 Å². The van der Waals surface area contributed by atoms with E-state index in [-0.39, 0.29) is 26.8 Å². The molecule has 0 unspecified atom stereocenters. The van der Waals surface area contributed by atoms with E-state index in [0.717, 1.165) is 12.3 Å². The third-order valence-electron chi connectivity index (χ3n) is 4.61. The van der Waals surface area contributed by atoms with Gasteiger partial charge in [-0.05, 0) is 24.3 Å². The first kappa shape index (κ1) is 16.8. The molecule has 2 aromatic carbocycles. The molecule has 10 heteroatoms. The van der Waals surface area contributed by atoms with Crippen LogP contribution in [0.4, 0.5) is 13.2 Å². The van der Waals surface area contributed by atoms with Crippen molar-refractivity contribution >= 4 is 44.3 Å². The van der Waals surface area contributed by atoms with Gasteiger partial charge in [-0.25, -0.2) is 9.07 Å². The summed E-state index contributed by atoms with van der Waals surface area (Å²) < 4.78 is 42.1. The first-order chi connectivity index (χ1) is 13.5. The summed E-state index contributed by atoms with van der Waals surface area (Å²) in [6, 6.07) is 7.57. The Balaban J connectivity index is 2.03. The fraction of sp³-hybridized carbons (Fsp3) is 0.0556. The Morgan fingerprint density at radius 2 is 1.96 bits per heavy atom. The van der Waals surface area contributed by atoms with Crippen molar-refractivity contribution in [2.24, 2.45) is 0 Å². The van der Waals surface area contributed by atoms with Crippen LogP contribution < -0.4 is 5.56 Å². The second-order valence-electron chi connectivity index (χ2n) is 6.18. The maximum absolute atomic E-state index is 14.2. The first-order valence-corrected chi connectivity index (χ1v) is 8.47. The number of benzene rings is 2. The van der Waals surface area contributed by atoms with Crippen LogP contribution in [-0.2, 0) is 0 Å². The summed E-state index contributed by atoms with van der Waals surface area (Å²) in [5.74, 6) is -0.730. The molecule has 140 valence electrons. The number of H-pyrrole nitrogens is 1. The average Bonchev–Trinajstić information content (AvgIpc) is 3.31. The molecule has 5 aromatic rings. The van der Waals surface area contributed by atoms with Gasteiger partial charge >= 0.3 is 6.55 Å². The van der Waals surface area contributed by atoms with E-state index in [1.54, 1.807) is 18.2 Å². The fourth-order valence-electron chi connectivity index (χ4n) is 3.39. The highest BCUT2D eigenvalue weighted by atomic mass is 35.5. The second kappa shape index (κ2) is 5.83. The van der Waals surface area contributed by atoms with Crippen LogP contribution in [0.25, 0.3) is 38.4 Å². The lowest BCUT2D eigenvalue weighted by Crippen LogP contribution is -2.20. The minimum absolute atomic E-state index is 0.117. The Morgan fingerprint density at radius 3 is 2.75 bits per heavy atom. The van der Waals surface area contributed by atoms with Crippen LogP contribution in [0.5, 0.6) is 0 Å². The fourth-order valence-corrected chi connectivity index (χ4v) is 3.54. The summed E-state index contributed by atoms with van der Waals surface area (Å²) in [6.07, 6.45) is 2.57. The predicted molar refractivity (Wildman–Crippen MR) is 98.7 cm³/mol. The zero-order valence-electron chi connectivity index (χ0n) is 13.8. The molecule has 0 saturated carbocycles. The molecule has 5 rings (SSSR count). The highest BCUT2D eigenvalue weighted by Gasteiger charge is 2.20. The Hall–Kier alpha value is -3.33. The van der Waals surface area contributed by atoms with Crippen LogP contribution >= 0.6 is 11.6 Å². The molecule has 0 spiro atoms. The van der Waals surface area contributed by atoms with Gasteiger partial charge in [-0.3, -0.25) is 14.5 Å². The number of aromatic nitrogens is 5. The van der Waals surface area contributed by atoms with Crippen LogP contribution in [-0.4, -0.2) is 24.5 Å². The van der Waals surface area contributed by atoms with Crippen molar-refractivity contribution in [2.45, 2.75) is 6.55 Å². The standard InChI is InChI=1S/C18H9ClF3N5O/c19-11-5-15-8(4-12(11)20)10-7-26(18(21)22)25-16(10)17(28)27(15)14-3-1-2-13-9(14)6-23-24-13/h1-7,18H,(H,23,24). The summed E-state index contributed by atoms with van der Waals surface area (Å²) in [5.41, 5.74) is 0.557. The van der Waals surface area contributed by atoms with E-state index in [9.17, 15) is 18.0 Å². The highest BCUT2D eigenvalue weighted by molar-refractivity contribution is 6.31. The van der Waals surface area contributed by atoms with Gasteiger partial charge in [0, 0.05) is 22.4 Å². The van der Waals surface area contributed by atoms with Crippen molar-refractivity contribution in [3.8, 4) is 5.69 Å². The SMILES string of the molecule is O=c1c2nn(C(F)F)cc2c2cc(F)c(Cl)cc2n1-c1cccc2[nH]ncc12. The molecule has 6 nitrogen and oxygen atoms in total. The van der Waals surface area contributed by atoms with E-state index in [1.165, 1.54) is 16.8 Å². The van der Waals surface area contributed by atoms with Gasteiger partial charge in [-0.15, -0.1) is 0 Å². The summed E-state index contributed by atoms with van der Waals surface area (Å²) in [6.45, 7) is -2.94. The maximum Gasteiger partial charge on any atom is 0.333 e. The lowest BCUT2D eigenvalue weighted by molar-refractivity contribution is 0.0573. The zero-order valence-corrected chi connectivity index (χ0v) is 14.6. The van der Waals surface area contributed by atoms with Crippen LogP contribution in [0.1, 0.15) is 6.55 Å². The second-order valence-corrected chi connectivity index (χ2v) is 6.59. The number of hydrogen-bond acceptors (Lipinski definition) is 3. The number of nitrogens with zero attached hydrogens (tertiary/aromatic N) is 4. The average molecular weight is 404 g/mol. The van der Waals surface area contributed by atoms with Crippen molar-refractivity contribution in [3.05, 3.63) is 63.9 Å². The summed E-state index contributed by atoms with van der Waals surface area (Å²) in [4.78, 5) is 13.2. The molecule has 0 saturated heterocycles. The Bertz CT molecular complexity index is 1450. The lowest BCUT2D eigenvalue weighted by atomic mass is 10.1. The number of rotatable bonds is 2. The molecule has 0 fully saturated rings. The largest absolute Gasteiger partial charge is 0.333 e. The summed E-state index contributed by atoms with van der Waals surface area (Å²) in [5, 5.41) is 11.3.